The first-order valence-electron chi connectivity index (χ1n) is 8.36. The number of amides is 2. The summed E-state index contributed by atoms with van der Waals surface area (Å²) in [6, 6.07) is 10.8. The number of aromatic nitrogens is 1. The number of para-hydroxylation sites is 1. The highest BCUT2D eigenvalue weighted by Gasteiger charge is 2.18. The van der Waals surface area contributed by atoms with Gasteiger partial charge in [-0.3, -0.25) is 14.6 Å². The topological polar surface area (TPSA) is 71.1 Å². The molecular weight excluding hydrogens is 314 g/mol. The van der Waals surface area contributed by atoms with Gasteiger partial charge in [0, 0.05) is 23.0 Å². The van der Waals surface area contributed by atoms with Crippen LogP contribution in [0, 0.1) is 0 Å². The number of carbonyl (C=O) groups excluding carboxylic acids is 2. The number of benzene rings is 1. The van der Waals surface area contributed by atoms with Crippen LogP contribution < -0.4 is 10.6 Å². The molecule has 0 spiro atoms. The minimum absolute atomic E-state index is 0.208. The maximum absolute atomic E-state index is 12.5. The van der Waals surface area contributed by atoms with Gasteiger partial charge in [-0.2, -0.15) is 0 Å². The molecule has 1 aromatic carbocycles. The molecule has 0 radical (unpaired) electrons. The number of nitrogens with zero attached hydrogens (tertiary/aromatic N) is 1. The molecule has 2 amide bonds. The molecule has 0 aliphatic heterocycles. The number of anilines is 1. The second-order valence-electron chi connectivity index (χ2n) is 7.33. The van der Waals surface area contributed by atoms with Crippen LogP contribution in [0.4, 0.5) is 5.69 Å². The first kappa shape index (κ1) is 18.6. The zero-order valence-corrected chi connectivity index (χ0v) is 15.4. The molecule has 2 N–H and O–H groups in total. The Bertz CT molecular complexity index is 777. The molecule has 132 valence electrons. The first-order valence-corrected chi connectivity index (χ1v) is 8.36. The third-order valence-electron chi connectivity index (χ3n) is 3.57. The molecule has 2 aromatic rings. The maximum Gasteiger partial charge on any atom is 0.274 e. The largest absolute Gasteiger partial charge is 0.347 e. The average Bonchev–Trinajstić information content (AvgIpc) is 2.53. The van der Waals surface area contributed by atoms with Gasteiger partial charge in [-0.15, -0.1) is 0 Å². The Labute approximate surface area is 148 Å². The van der Waals surface area contributed by atoms with Gasteiger partial charge >= 0.3 is 0 Å². The lowest BCUT2D eigenvalue weighted by molar-refractivity contribution is 0.0919. The molecule has 0 saturated heterocycles. The highest BCUT2D eigenvalue weighted by atomic mass is 16.2. The van der Waals surface area contributed by atoms with Gasteiger partial charge in [0.05, 0.1) is 0 Å². The summed E-state index contributed by atoms with van der Waals surface area (Å²) < 4.78 is 0. The van der Waals surface area contributed by atoms with Crippen LogP contribution in [-0.2, 0) is 0 Å². The van der Waals surface area contributed by atoms with Crippen LogP contribution in [0.2, 0.25) is 0 Å². The van der Waals surface area contributed by atoms with Gasteiger partial charge in [-0.1, -0.05) is 32.0 Å². The fourth-order valence-electron chi connectivity index (χ4n) is 2.41. The Hall–Kier alpha value is -2.69. The summed E-state index contributed by atoms with van der Waals surface area (Å²) in [5.41, 5.74) is 2.08. The molecule has 0 aliphatic carbocycles. The molecule has 0 saturated carbocycles. The van der Waals surface area contributed by atoms with Crippen molar-refractivity contribution in [3.63, 3.8) is 0 Å². The monoisotopic (exact) mass is 339 g/mol. The molecule has 0 unspecified atom stereocenters. The van der Waals surface area contributed by atoms with Gasteiger partial charge in [-0.25, -0.2) is 0 Å². The summed E-state index contributed by atoms with van der Waals surface area (Å²) in [7, 11) is 0. The van der Waals surface area contributed by atoms with Crippen molar-refractivity contribution < 1.29 is 9.59 Å². The van der Waals surface area contributed by atoms with Gasteiger partial charge in [-0.05, 0) is 50.5 Å². The summed E-state index contributed by atoms with van der Waals surface area (Å²) in [6.45, 7) is 9.86. The lowest BCUT2D eigenvalue weighted by atomic mass is 10.0. The van der Waals surface area contributed by atoms with Crippen LogP contribution in [0.25, 0.3) is 0 Å². The van der Waals surface area contributed by atoms with Crippen LogP contribution >= 0.6 is 0 Å². The van der Waals surface area contributed by atoms with Crippen molar-refractivity contribution in [2.75, 3.05) is 5.32 Å². The van der Waals surface area contributed by atoms with Crippen LogP contribution in [0.3, 0.4) is 0 Å². The van der Waals surface area contributed by atoms with Crippen LogP contribution in [0.15, 0.2) is 42.6 Å². The van der Waals surface area contributed by atoms with Gasteiger partial charge in [0.2, 0.25) is 0 Å². The molecule has 0 bridgehead atoms. The summed E-state index contributed by atoms with van der Waals surface area (Å²) in [5, 5.41) is 5.77. The van der Waals surface area contributed by atoms with Crippen LogP contribution in [-0.4, -0.2) is 22.3 Å². The summed E-state index contributed by atoms with van der Waals surface area (Å²) in [4.78, 5) is 28.9. The van der Waals surface area contributed by atoms with Gasteiger partial charge in [0.1, 0.15) is 5.69 Å². The van der Waals surface area contributed by atoms with E-state index in [1.54, 1.807) is 6.07 Å². The van der Waals surface area contributed by atoms with E-state index in [-0.39, 0.29) is 29.0 Å². The Morgan fingerprint density at radius 1 is 1.04 bits per heavy atom. The molecule has 0 atom stereocenters. The van der Waals surface area contributed by atoms with E-state index in [9.17, 15) is 9.59 Å². The second-order valence-corrected chi connectivity index (χ2v) is 7.33. The zero-order valence-electron chi connectivity index (χ0n) is 15.4. The summed E-state index contributed by atoms with van der Waals surface area (Å²) >= 11 is 0. The first-order chi connectivity index (χ1) is 11.7. The highest BCUT2D eigenvalue weighted by molar-refractivity contribution is 6.05. The maximum atomic E-state index is 12.5. The van der Waals surface area contributed by atoms with E-state index in [1.807, 2.05) is 45.0 Å². The van der Waals surface area contributed by atoms with Crippen molar-refractivity contribution in [2.24, 2.45) is 0 Å². The Morgan fingerprint density at radius 2 is 1.72 bits per heavy atom. The molecule has 5 heteroatoms. The molecule has 25 heavy (non-hydrogen) atoms. The van der Waals surface area contributed by atoms with Crippen molar-refractivity contribution in [2.45, 2.75) is 46.1 Å². The predicted octanol–water partition coefficient (Wildman–Crippen LogP) is 3.99. The number of pyridine rings is 1. The SMILES string of the molecule is CC(C)c1ccccc1NC(=O)c1cc(C(=O)NC(C)(C)C)ccn1. The number of rotatable bonds is 4. The van der Waals surface area contributed by atoms with Gasteiger partial charge < -0.3 is 10.6 Å². The van der Waals surface area contributed by atoms with E-state index >= 15 is 0 Å². The number of nitrogens with one attached hydrogen (secondary N) is 2. The third-order valence-corrected chi connectivity index (χ3v) is 3.57. The lowest BCUT2D eigenvalue weighted by Gasteiger charge is -2.20. The quantitative estimate of drug-likeness (QED) is 0.885. The number of hydrogen-bond acceptors (Lipinski definition) is 3. The van der Waals surface area contributed by atoms with Crippen molar-refractivity contribution in [1.29, 1.82) is 0 Å². The molecule has 0 fully saturated rings. The van der Waals surface area contributed by atoms with Crippen molar-refractivity contribution in [3.05, 3.63) is 59.4 Å². The fourth-order valence-corrected chi connectivity index (χ4v) is 2.41. The smallest absolute Gasteiger partial charge is 0.274 e. The minimum atomic E-state index is -0.348. The highest BCUT2D eigenvalue weighted by Crippen LogP contribution is 2.24. The molecule has 2 rings (SSSR count). The molecule has 0 aliphatic rings. The molecule has 1 heterocycles. The van der Waals surface area contributed by atoms with Gasteiger partial charge in [0.15, 0.2) is 0 Å². The van der Waals surface area contributed by atoms with Crippen LogP contribution in [0.5, 0.6) is 0 Å². The fraction of sp³-hybridized carbons (Fsp3) is 0.350. The molecule has 1 aromatic heterocycles. The van der Waals surface area contributed by atoms with Crippen molar-refractivity contribution >= 4 is 17.5 Å². The minimum Gasteiger partial charge on any atom is -0.347 e. The standard InChI is InChI=1S/C20H25N3O2/c1-13(2)15-8-6-7-9-16(15)22-19(25)17-12-14(10-11-21-17)18(24)23-20(3,4)5/h6-13H,1-5H3,(H,22,25)(H,23,24). The lowest BCUT2D eigenvalue weighted by Crippen LogP contribution is -2.40. The Balaban J connectivity index is 2.21. The van der Waals surface area contributed by atoms with Gasteiger partial charge in [0.25, 0.3) is 11.8 Å². The summed E-state index contributed by atoms with van der Waals surface area (Å²) in [6.07, 6.45) is 1.47. The molecule has 5 nitrogen and oxygen atoms in total. The van der Waals surface area contributed by atoms with E-state index in [0.29, 0.717) is 5.56 Å². The van der Waals surface area contributed by atoms with E-state index in [4.69, 9.17) is 0 Å². The van der Waals surface area contributed by atoms with Crippen molar-refractivity contribution in [1.82, 2.24) is 10.3 Å². The van der Waals surface area contributed by atoms with Crippen molar-refractivity contribution in [3.8, 4) is 0 Å². The zero-order chi connectivity index (χ0) is 18.6. The third kappa shape index (κ3) is 5.14. The Morgan fingerprint density at radius 3 is 2.36 bits per heavy atom. The molecular formula is C20H25N3O2. The van der Waals surface area contributed by atoms with E-state index < -0.39 is 0 Å². The number of hydrogen-bond donors (Lipinski definition) is 2. The van der Waals surface area contributed by atoms with Crippen LogP contribution in [0.1, 0.15) is 66.9 Å². The van der Waals surface area contributed by atoms with E-state index in [1.165, 1.54) is 12.3 Å². The van der Waals surface area contributed by atoms with E-state index in [0.717, 1.165) is 11.3 Å². The summed E-state index contributed by atoms with van der Waals surface area (Å²) in [5.74, 6) is -0.279. The Kier molecular flexibility index (Phi) is 5.57. The van der Waals surface area contributed by atoms with E-state index in [2.05, 4.69) is 29.5 Å². The average molecular weight is 339 g/mol. The predicted molar refractivity (Wildman–Crippen MR) is 99.9 cm³/mol. The second kappa shape index (κ2) is 7.47. The normalized spacial score (nSPS) is 11.3. The number of carbonyl (C=O) groups is 2.